The first-order valence-electron chi connectivity index (χ1n) is 6.09. The van der Waals surface area contributed by atoms with Crippen molar-refractivity contribution >= 4 is 15.8 Å². The van der Waals surface area contributed by atoms with E-state index in [1.807, 2.05) is 30.3 Å². The SMILES string of the molecule is C=Cc1cccc(O[SiH2]C(CC)C(C)OC)c1. The summed E-state index contributed by atoms with van der Waals surface area (Å²) in [6.45, 7) is 8.07. The first-order chi connectivity index (χ1) is 8.21. The van der Waals surface area contributed by atoms with Crippen LogP contribution in [-0.2, 0) is 4.74 Å². The first kappa shape index (κ1) is 14.0. The Labute approximate surface area is 107 Å². The monoisotopic (exact) mass is 250 g/mol. The van der Waals surface area contributed by atoms with Crippen molar-refractivity contribution in [3.8, 4) is 5.75 Å². The van der Waals surface area contributed by atoms with Crippen molar-refractivity contribution in [2.75, 3.05) is 7.11 Å². The number of benzene rings is 1. The Balaban J connectivity index is 2.56. The highest BCUT2D eigenvalue weighted by Gasteiger charge is 2.16. The van der Waals surface area contributed by atoms with Crippen LogP contribution in [-0.4, -0.2) is 23.0 Å². The van der Waals surface area contributed by atoms with Crippen LogP contribution < -0.4 is 4.43 Å². The van der Waals surface area contributed by atoms with E-state index in [9.17, 15) is 0 Å². The van der Waals surface area contributed by atoms with Crippen molar-refractivity contribution in [3.63, 3.8) is 0 Å². The summed E-state index contributed by atoms with van der Waals surface area (Å²) in [6, 6.07) is 8.06. The predicted molar refractivity (Wildman–Crippen MR) is 76.2 cm³/mol. The van der Waals surface area contributed by atoms with E-state index in [0.29, 0.717) is 5.54 Å². The second-order valence-electron chi connectivity index (χ2n) is 4.20. The van der Waals surface area contributed by atoms with E-state index in [2.05, 4.69) is 20.4 Å². The fourth-order valence-electron chi connectivity index (χ4n) is 1.71. The average molecular weight is 250 g/mol. The Bertz CT molecular complexity index is 352. The molecule has 0 aliphatic rings. The zero-order valence-electron chi connectivity index (χ0n) is 11.0. The molecule has 3 heteroatoms. The number of methoxy groups -OCH3 is 1. The highest BCUT2D eigenvalue weighted by atomic mass is 28.2. The van der Waals surface area contributed by atoms with Crippen molar-refractivity contribution in [1.29, 1.82) is 0 Å². The first-order valence-corrected chi connectivity index (χ1v) is 7.48. The smallest absolute Gasteiger partial charge is 0.225 e. The molecule has 1 rings (SSSR count). The second-order valence-corrected chi connectivity index (χ2v) is 5.87. The molecule has 2 atom stereocenters. The third kappa shape index (κ3) is 4.36. The van der Waals surface area contributed by atoms with E-state index in [1.165, 1.54) is 0 Å². The lowest BCUT2D eigenvalue weighted by Crippen LogP contribution is -2.22. The van der Waals surface area contributed by atoms with E-state index in [4.69, 9.17) is 9.16 Å². The lowest BCUT2D eigenvalue weighted by Gasteiger charge is -2.21. The molecule has 1 aromatic rings. The summed E-state index contributed by atoms with van der Waals surface area (Å²) in [5, 5.41) is 0. The summed E-state index contributed by atoms with van der Waals surface area (Å²) in [6.07, 6.45) is 3.24. The molecule has 0 spiro atoms. The van der Waals surface area contributed by atoms with Crippen molar-refractivity contribution in [2.45, 2.75) is 31.9 Å². The standard InChI is InChI=1S/C14H22O2Si/c1-5-12-8-7-9-13(10-12)16-17-14(6-2)11(3)15-4/h5,7-11,14H,1,6,17H2,2-4H3. The molecule has 0 amide bonds. The molecule has 0 radical (unpaired) electrons. The molecule has 94 valence electrons. The summed E-state index contributed by atoms with van der Waals surface area (Å²) in [5.74, 6) is 0.954. The molecule has 0 bridgehead atoms. The Kier molecular flexibility index (Phi) is 6.01. The van der Waals surface area contributed by atoms with Crippen LogP contribution >= 0.6 is 0 Å². The van der Waals surface area contributed by atoms with Gasteiger partial charge < -0.3 is 9.16 Å². The van der Waals surface area contributed by atoms with E-state index in [1.54, 1.807) is 7.11 Å². The topological polar surface area (TPSA) is 18.5 Å². The van der Waals surface area contributed by atoms with Crippen LogP contribution in [0.4, 0.5) is 0 Å². The Hall–Kier alpha value is -1.06. The maximum atomic E-state index is 5.94. The van der Waals surface area contributed by atoms with E-state index >= 15 is 0 Å². The van der Waals surface area contributed by atoms with Gasteiger partial charge in [-0.25, -0.2) is 0 Å². The Morgan fingerprint density at radius 2 is 2.24 bits per heavy atom. The Morgan fingerprint density at radius 3 is 2.82 bits per heavy atom. The van der Waals surface area contributed by atoms with E-state index in [-0.39, 0.29) is 6.10 Å². The van der Waals surface area contributed by atoms with Crippen LogP contribution in [0.25, 0.3) is 6.08 Å². The van der Waals surface area contributed by atoms with E-state index < -0.39 is 9.76 Å². The molecule has 0 N–H and O–H groups in total. The quantitative estimate of drug-likeness (QED) is 0.693. The molecular weight excluding hydrogens is 228 g/mol. The normalized spacial score (nSPS) is 14.8. The zero-order valence-corrected chi connectivity index (χ0v) is 12.4. The zero-order chi connectivity index (χ0) is 12.7. The molecule has 0 aromatic heterocycles. The minimum absolute atomic E-state index is 0.286. The summed E-state index contributed by atoms with van der Waals surface area (Å²) in [4.78, 5) is 0. The lowest BCUT2D eigenvalue weighted by atomic mass is 10.2. The minimum atomic E-state index is -0.614. The van der Waals surface area contributed by atoms with Gasteiger partial charge in [0.1, 0.15) is 5.75 Å². The van der Waals surface area contributed by atoms with Gasteiger partial charge in [0.25, 0.3) is 0 Å². The second kappa shape index (κ2) is 7.30. The van der Waals surface area contributed by atoms with Gasteiger partial charge in [0.05, 0.1) is 6.10 Å². The summed E-state index contributed by atoms with van der Waals surface area (Å²) in [7, 11) is 1.15. The summed E-state index contributed by atoms with van der Waals surface area (Å²) < 4.78 is 11.3. The van der Waals surface area contributed by atoms with Crippen molar-refractivity contribution in [2.24, 2.45) is 0 Å². The highest BCUT2D eigenvalue weighted by molar-refractivity contribution is 6.31. The molecule has 0 aliphatic carbocycles. The van der Waals surface area contributed by atoms with Gasteiger partial charge in [0.2, 0.25) is 9.76 Å². The number of hydrogen-bond acceptors (Lipinski definition) is 2. The largest absolute Gasteiger partial charge is 0.549 e. The lowest BCUT2D eigenvalue weighted by molar-refractivity contribution is 0.108. The summed E-state index contributed by atoms with van der Waals surface area (Å²) >= 11 is 0. The van der Waals surface area contributed by atoms with Gasteiger partial charge in [-0.1, -0.05) is 38.1 Å². The van der Waals surface area contributed by atoms with Gasteiger partial charge in [0.15, 0.2) is 0 Å². The average Bonchev–Trinajstić information content (AvgIpc) is 2.39. The van der Waals surface area contributed by atoms with Gasteiger partial charge in [-0.2, -0.15) is 0 Å². The Morgan fingerprint density at radius 1 is 1.47 bits per heavy atom. The number of rotatable bonds is 7. The molecule has 0 saturated carbocycles. The molecular formula is C14H22O2Si. The van der Waals surface area contributed by atoms with Gasteiger partial charge in [0, 0.05) is 12.7 Å². The minimum Gasteiger partial charge on any atom is -0.549 e. The number of hydrogen-bond donors (Lipinski definition) is 0. The van der Waals surface area contributed by atoms with Crippen LogP contribution in [0.15, 0.2) is 30.8 Å². The molecule has 0 saturated heterocycles. The third-order valence-electron chi connectivity index (χ3n) is 3.12. The van der Waals surface area contributed by atoms with Crippen LogP contribution in [0.1, 0.15) is 25.8 Å². The van der Waals surface area contributed by atoms with E-state index in [0.717, 1.165) is 17.7 Å². The van der Waals surface area contributed by atoms with Gasteiger partial charge in [-0.15, -0.1) is 0 Å². The fourth-order valence-corrected chi connectivity index (χ4v) is 3.00. The maximum Gasteiger partial charge on any atom is 0.225 e. The van der Waals surface area contributed by atoms with Crippen LogP contribution in [0, 0.1) is 0 Å². The van der Waals surface area contributed by atoms with Crippen molar-refractivity contribution < 1.29 is 9.16 Å². The van der Waals surface area contributed by atoms with Crippen molar-refractivity contribution in [1.82, 2.24) is 0 Å². The molecule has 0 aliphatic heterocycles. The van der Waals surface area contributed by atoms with Gasteiger partial charge >= 0.3 is 0 Å². The highest BCUT2D eigenvalue weighted by Crippen LogP contribution is 2.20. The predicted octanol–water partition coefficient (Wildman–Crippen LogP) is 3.03. The van der Waals surface area contributed by atoms with Crippen LogP contribution in [0.5, 0.6) is 5.75 Å². The number of ether oxygens (including phenoxy) is 1. The van der Waals surface area contributed by atoms with Gasteiger partial charge in [-0.3, -0.25) is 0 Å². The molecule has 2 nitrogen and oxygen atoms in total. The molecule has 0 fully saturated rings. The van der Waals surface area contributed by atoms with Crippen LogP contribution in [0.3, 0.4) is 0 Å². The summed E-state index contributed by atoms with van der Waals surface area (Å²) in [5.41, 5.74) is 1.66. The molecule has 2 unspecified atom stereocenters. The molecule has 17 heavy (non-hydrogen) atoms. The maximum absolute atomic E-state index is 5.94. The molecule has 1 aromatic carbocycles. The van der Waals surface area contributed by atoms with Crippen molar-refractivity contribution in [3.05, 3.63) is 36.4 Å². The third-order valence-corrected chi connectivity index (χ3v) is 5.29. The van der Waals surface area contributed by atoms with Crippen LogP contribution in [0.2, 0.25) is 5.54 Å². The molecule has 0 heterocycles. The van der Waals surface area contributed by atoms with Gasteiger partial charge in [-0.05, 0) is 24.6 Å². The fraction of sp³-hybridized carbons (Fsp3) is 0.429.